The average molecular weight is 633 g/mol. The number of carbonyl (C=O) groups excluding carboxylic acids is 3. The minimum absolute atomic E-state index is 0.0135. The fraction of sp³-hybridized carbons (Fsp3) is 0.188. The summed E-state index contributed by atoms with van der Waals surface area (Å²) in [6.07, 6.45) is 3.74. The van der Waals surface area contributed by atoms with Crippen molar-refractivity contribution < 1.29 is 28.6 Å². The Morgan fingerprint density at radius 3 is 2.27 bits per heavy atom. The van der Waals surface area contributed by atoms with Gasteiger partial charge in [-0.05, 0) is 60.5 Å². The van der Waals surface area contributed by atoms with E-state index in [0.29, 0.717) is 45.6 Å². The number of carbonyl (C=O) groups is 3. The topological polar surface area (TPSA) is 128 Å². The normalized spacial score (nSPS) is 11.7. The molecule has 3 amide bonds. The smallest absolute Gasteiger partial charge is 0.272 e. The lowest BCUT2D eigenvalue weighted by Gasteiger charge is -2.16. The third kappa shape index (κ3) is 8.39. The Hall–Kier alpha value is -4.81. The molecule has 1 aromatic heterocycles. The molecule has 1 unspecified atom stereocenters. The fourth-order valence-electron chi connectivity index (χ4n) is 4.10. The molecule has 4 aromatic rings. The molecule has 0 spiro atoms. The predicted molar refractivity (Wildman–Crippen MR) is 174 cm³/mol. The number of benzene rings is 3. The number of hydrogen-bond acceptors (Lipinski definition) is 9. The molecule has 0 bridgehead atoms. The molecule has 10 nitrogen and oxygen atoms in total. The van der Waals surface area contributed by atoms with Gasteiger partial charge in [0.25, 0.3) is 11.8 Å². The van der Waals surface area contributed by atoms with Crippen LogP contribution in [0.15, 0.2) is 88.9 Å². The van der Waals surface area contributed by atoms with Gasteiger partial charge in [-0.25, -0.2) is 4.98 Å². The molecule has 0 aliphatic carbocycles. The van der Waals surface area contributed by atoms with Crippen molar-refractivity contribution in [2.45, 2.75) is 23.5 Å². The average Bonchev–Trinajstić information content (AvgIpc) is 3.56. The standard InChI is InChI=1S/C32H32N4O6S2/c1-5-27(31(39)36-32-33-14-15-43-32)44-23-13-9-12-22(19-23)34-30(38)24(35-29(37)21-10-7-6-8-11-21)16-20-17-25(40-2)28(42-4)26(18-20)41-3/h6-19,27H,5H2,1-4H3,(H,34,38)(H,35,37)(H,33,36,39)/b24-16+. The summed E-state index contributed by atoms with van der Waals surface area (Å²) in [6, 6.07) is 19.1. The summed E-state index contributed by atoms with van der Waals surface area (Å²) in [5.41, 5.74) is 1.39. The van der Waals surface area contributed by atoms with Gasteiger partial charge >= 0.3 is 0 Å². The van der Waals surface area contributed by atoms with Crippen molar-refractivity contribution in [2.24, 2.45) is 0 Å². The van der Waals surface area contributed by atoms with Gasteiger partial charge in [0.05, 0.1) is 26.6 Å². The summed E-state index contributed by atoms with van der Waals surface area (Å²) in [7, 11) is 4.48. The van der Waals surface area contributed by atoms with Crippen LogP contribution in [-0.4, -0.2) is 49.3 Å². The van der Waals surface area contributed by atoms with Crippen LogP contribution < -0.4 is 30.2 Å². The molecule has 0 saturated heterocycles. The van der Waals surface area contributed by atoms with Gasteiger partial charge in [0.2, 0.25) is 11.7 Å². The summed E-state index contributed by atoms with van der Waals surface area (Å²) in [5, 5.41) is 10.4. The van der Waals surface area contributed by atoms with Crippen LogP contribution in [0.1, 0.15) is 29.3 Å². The molecule has 12 heteroatoms. The van der Waals surface area contributed by atoms with Gasteiger partial charge in [-0.15, -0.1) is 23.1 Å². The van der Waals surface area contributed by atoms with Crippen molar-refractivity contribution in [3.8, 4) is 17.2 Å². The minimum atomic E-state index is -0.557. The Labute approximate surface area is 263 Å². The van der Waals surface area contributed by atoms with Crippen LogP contribution in [0.5, 0.6) is 17.2 Å². The molecular formula is C32H32N4O6S2. The molecule has 1 heterocycles. The van der Waals surface area contributed by atoms with E-state index in [1.165, 1.54) is 50.5 Å². The van der Waals surface area contributed by atoms with Crippen LogP contribution in [0.3, 0.4) is 0 Å². The molecule has 0 aliphatic rings. The fourth-order valence-corrected chi connectivity index (χ4v) is 5.64. The van der Waals surface area contributed by atoms with E-state index in [-0.39, 0.29) is 16.9 Å². The lowest BCUT2D eigenvalue weighted by atomic mass is 10.1. The molecule has 1 atom stereocenters. The Morgan fingerprint density at radius 1 is 0.932 bits per heavy atom. The number of thiazole rings is 1. The second-order valence-corrected chi connectivity index (χ2v) is 11.3. The quantitative estimate of drug-likeness (QED) is 0.119. The van der Waals surface area contributed by atoms with Crippen molar-refractivity contribution in [1.29, 1.82) is 0 Å². The summed E-state index contributed by atoms with van der Waals surface area (Å²) < 4.78 is 16.3. The summed E-state index contributed by atoms with van der Waals surface area (Å²) in [6.45, 7) is 1.93. The number of thioether (sulfide) groups is 1. The molecule has 0 saturated carbocycles. The SMILES string of the molecule is CCC(Sc1cccc(NC(=O)/C(=C\c2cc(OC)c(OC)c(OC)c2)NC(=O)c2ccccc2)c1)C(=O)Nc1nccs1. The molecule has 228 valence electrons. The van der Waals surface area contributed by atoms with Crippen molar-refractivity contribution in [2.75, 3.05) is 32.0 Å². The predicted octanol–water partition coefficient (Wildman–Crippen LogP) is 6.09. The van der Waals surface area contributed by atoms with Crippen LogP contribution in [0.2, 0.25) is 0 Å². The van der Waals surface area contributed by atoms with Gasteiger partial charge in [-0.2, -0.15) is 0 Å². The highest BCUT2D eigenvalue weighted by Gasteiger charge is 2.21. The van der Waals surface area contributed by atoms with E-state index in [4.69, 9.17) is 14.2 Å². The number of amides is 3. The van der Waals surface area contributed by atoms with Crippen molar-refractivity contribution >= 4 is 57.7 Å². The first-order chi connectivity index (χ1) is 21.3. The Morgan fingerprint density at radius 2 is 1.66 bits per heavy atom. The van der Waals surface area contributed by atoms with Gasteiger partial charge in [0.15, 0.2) is 16.6 Å². The monoisotopic (exact) mass is 632 g/mol. The van der Waals surface area contributed by atoms with Crippen molar-refractivity contribution in [3.63, 3.8) is 0 Å². The number of nitrogens with one attached hydrogen (secondary N) is 3. The molecule has 4 rings (SSSR count). The molecule has 3 N–H and O–H groups in total. The minimum Gasteiger partial charge on any atom is -0.493 e. The number of methoxy groups -OCH3 is 3. The van der Waals surface area contributed by atoms with Gasteiger partial charge in [0, 0.05) is 27.7 Å². The summed E-state index contributed by atoms with van der Waals surface area (Å²) in [5.74, 6) is 0.00907. The first-order valence-electron chi connectivity index (χ1n) is 13.5. The lowest BCUT2D eigenvalue weighted by Crippen LogP contribution is -2.30. The molecule has 0 aliphatic heterocycles. The first kappa shape index (κ1) is 32.1. The van der Waals surface area contributed by atoms with E-state index >= 15 is 0 Å². The second kappa shape index (κ2) is 15.6. The van der Waals surface area contributed by atoms with Crippen LogP contribution in [0.4, 0.5) is 10.8 Å². The van der Waals surface area contributed by atoms with Crippen LogP contribution >= 0.6 is 23.1 Å². The van der Waals surface area contributed by atoms with Gasteiger partial charge < -0.3 is 30.2 Å². The number of rotatable bonds is 13. The van der Waals surface area contributed by atoms with Crippen LogP contribution in [-0.2, 0) is 9.59 Å². The van der Waals surface area contributed by atoms with E-state index < -0.39 is 11.8 Å². The van der Waals surface area contributed by atoms with E-state index in [0.717, 1.165) is 4.90 Å². The Kier molecular flexibility index (Phi) is 11.4. The van der Waals surface area contributed by atoms with E-state index in [1.807, 2.05) is 13.0 Å². The second-order valence-electron chi connectivity index (χ2n) is 9.16. The zero-order valence-corrected chi connectivity index (χ0v) is 26.2. The maximum Gasteiger partial charge on any atom is 0.272 e. The summed E-state index contributed by atoms with van der Waals surface area (Å²) >= 11 is 2.73. The zero-order chi connectivity index (χ0) is 31.5. The number of nitrogens with zero attached hydrogens (tertiary/aromatic N) is 1. The first-order valence-corrected chi connectivity index (χ1v) is 15.3. The van der Waals surface area contributed by atoms with Crippen LogP contribution in [0, 0.1) is 0 Å². The largest absolute Gasteiger partial charge is 0.493 e. The maximum absolute atomic E-state index is 13.6. The zero-order valence-electron chi connectivity index (χ0n) is 24.6. The van der Waals surface area contributed by atoms with E-state index in [9.17, 15) is 14.4 Å². The number of anilines is 2. The maximum atomic E-state index is 13.6. The Balaban J connectivity index is 1.59. The van der Waals surface area contributed by atoms with Crippen LogP contribution in [0.25, 0.3) is 6.08 Å². The van der Waals surface area contributed by atoms with E-state index in [1.54, 1.807) is 72.2 Å². The molecule has 0 radical (unpaired) electrons. The molecule has 3 aromatic carbocycles. The number of ether oxygens (including phenoxy) is 3. The molecule has 0 fully saturated rings. The van der Waals surface area contributed by atoms with Gasteiger partial charge in [0.1, 0.15) is 5.70 Å². The van der Waals surface area contributed by atoms with E-state index in [2.05, 4.69) is 20.9 Å². The highest BCUT2D eigenvalue weighted by Crippen LogP contribution is 2.38. The molecular weight excluding hydrogens is 601 g/mol. The number of aromatic nitrogens is 1. The van der Waals surface area contributed by atoms with Gasteiger partial charge in [-0.3, -0.25) is 14.4 Å². The third-order valence-corrected chi connectivity index (χ3v) is 8.27. The van der Waals surface area contributed by atoms with Crippen molar-refractivity contribution in [3.05, 3.63) is 95.1 Å². The van der Waals surface area contributed by atoms with Crippen molar-refractivity contribution in [1.82, 2.24) is 10.3 Å². The Bertz CT molecular complexity index is 1600. The highest BCUT2D eigenvalue weighted by atomic mass is 32.2. The number of hydrogen-bond donors (Lipinski definition) is 3. The van der Waals surface area contributed by atoms with Gasteiger partial charge in [-0.1, -0.05) is 31.2 Å². The molecule has 44 heavy (non-hydrogen) atoms. The lowest BCUT2D eigenvalue weighted by molar-refractivity contribution is -0.116. The third-order valence-electron chi connectivity index (χ3n) is 6.22. The highest BCUT2D eigenvalue weighted by molar-refractivity contribution is 8.00. The summed E-state index contributed by atoms with van der Waals surface area (Å²) in [4.78, 5) is 44.4.